The van der Waals surface area contributed by atoms with Gasteiger partial charge in [-0.15, -0.1) is 0 Å². The molecule has 61 heavy (non-hydrogen) atoms. The number of piperidine rings is 1. The van der Waals surface area contributed by atoms with E-state index in [0.717, 1.165) is 99.5 Å². The molecule has 0 atom stereocenters. The minimum absolute atomic E-state index is 0.101. The van der Waals surface area contributed by atoms with Gasteiger partial charge in [0.05, 0.1) is 28.4 Å². The van der Waals surface area contributed by atoms with Gasteiger partial charge in [0.2, 0.25) is 15.9 Å². The van der Waals surface area contributed by atoms with Gasteiger partial charge in [0.15, 0.2) is 0 Å². The topological polar surface area (TPSA) is 147 Å². The van der Waals surface area contributed by atoms with Gasteiger partial charge < -0.3 is 29.7 Å². The summed E-state index contributed by atoms with van der Waals surface area (Å²) in [5.74, 6) is 7.91. The van der Waals surface area contributed by atoms with Crippen LogP contribution in [0.15, 0.2) is 84.0 Å². The number of hydrogen-bond donors (Lipinski definition) is 2. The highest BCUT2D eigenvalue weighted by Gasteiger charge is 2.28. The van der Waals surface area contributed by atoms with E-state index in [1.54, 1.807) is 18.2 Å². The summed E-state index contributed by atoms with van der Waals surface area (Å²) in [5.41, 5.74) is 4.95. The molecule has 1 aromatic heterocycles. The van der Waals surface area contributed by atoms with Crippen LogP contribution in [-0.2, 0) is 14.8 Å². The van der Waals surface area contributed by atoms with Crippen LogP contribution in [0.25, 0.3) is 10.9 Å². The molecule has 3 amide bonds. The fraction of sp³-hybridized carbons (Fsp3) is 0.422. The summed E-state index contributed by atoms with van der Waals surface area (Å²) in [6, 6.07) is 18.6. The molecule has 3 aromatic carbocycles. The molecule has 0 unspecified atom stereocenters. The van der Waals surface area contributed by atoms with Gasteiger partial charge >= 0.3 is 6.03 Å². The first kappa shape index (κ1) is 43.4. The van der Waals surface area contributed by atoms with E-state index < -0.39 is 10.0 Å². The summed E-state index contributed by atoms with van der Waals surface area (Å²) in [4.78, 5) is 47.3. The van der Waals surface area contributed by atoms with Crippen LogP contribution >= 0.6 is 0 Å². The summed E-state index contributed by atoms with van der Waals surface area (Å²) in [7, 11) is 1.53. The van der Waals surface area contributed by atoms with Crippen LogP contribution < -0.4 is 24.6 Å². The molecule has 322 valence electrons. The summed E-state index contributed by atoms with van der Waals surface area (Å²) in [6.07, 6.45) is 4.34. The van der Waals surface area contributed by atoms with Gasteiger partial charge in [0.25, 0.3) is 0 Å². The fourth-order valence-electron chi connectivity index (χ4n) is 7.82. The number of urea groups is 1. The minimum atomic E-state index is -3.64. The summed E-state index contributed by atoms with van der Waals surface area (Å²) >= 11 is 0. The Labute approximate surface area is 359 Å². The number of nitrogens with zero attached hydrogens (tertiary/aromatic N) is 8. The first-order valence-corrected chi connectivity index (χ1v) is 22.4. The second-order valence-corrected chi connectivity index (χ2v) is 17.7. The van der Waals surface area contributed by atoms with Crippen LogP contribution in [0.2, 0.25) is 0 Å². The van der Waals surface area contributed by atoms with E-state index in [1.807, 2.05) is 76.2 Å². The van der Waals surface area contributed by atoms with E-state index in [1.165, 1.54) is 13.4 Å². The standard InChI is InChI=1S/C45H56N10O5S/c1-34-17-20-55(43(56)30-34)36-11-9-35(10-12-36)8-5-6-18-51-21-25-53(26-22-51)45(57)54-27-23-52(24-28-54)19-7-29-60-37-13-15-39-40(31-37)47-33-48-44(39)49-41-32-38(61(58,59)46-2)14-16-42(41)50(3)4/h9-16,31-33,46H,1,6-7,17-30H2,2-4H3,(H,47,48,49). The third kappa shape index (κ3) is 11.0. The molecule has 3 aliphatic rings. The molecule has 3 aliphatic heterocycles. The number of carbonyl (C=O) groups is 2. The molecule has 0 saturated carbocycles. The number of anilines is 4. The lowest BCUT2D eigenvalue weighted by molar-refractivity contribution is -0.118. The number of sulfonamides is 1. The Kier molecular flexibility index (Phi) is 14.1. The highest BCUT2D eigenvalue weighted by molar-refractivity contribution is 7.89. The second-order valence-electron chi connectivity index (χ2n) is 15.8. The first-order chi connectivity index (χ1) is 29.5. The lowest BCUT2D eigenvalue weighted by Crippen LogP contribution is -2.56. The van der Waals surface area contributed by atoms with Crippen molar-refractivity contribution in [2.45, 2.75) is 30.6 Å². The van der Waals surface area contributed by atoms with E-state index in [-0.39, 0.29) is 16.8 Å². The van der Waals surface area contributed by atoms with Crippen molar-refractivity contribution in [2.24, 2.45) is 0 Å². The number of carbonyl (C=O) groups excluding carboxylic acids is 2. The number of rotatable bonds is 13. The number of benzene rings is 3. The molecule has 3 saturated heterocycles. The number of fused-ring (bicyclic) bond motifs is 1. The zero-order valence-electron chi connectivity index (χ0n) is 35.4. The predicted molar refractivity (Wildman–Crippen MR) is 240 cm³/mol. The number of amides is 3. The lowest BCUT2D eigenvalue weighted by atomic mass is 10.0. The quantitative estimate of drug-likeness (QED) is 0.111. The third-order valence-electron chi connectivity index (χ3n) is 11.4. The summed E-state index contributed by atoms with van der Waals surface area (Å²) < 4.78 is 33.5. The van der Waals surface area contributed by atoms with Crippen molar-refractivity contribution < 1.29 is 22.7 Å². The van der Waals surface area contributed by atoms with Crippen molar-refractivity contribution in [1.29, 1.82) is 0 Å². The smallest absolute Gasteiger partial charge is 0.320 e. The number of piperazine rings is 2. The van der Waals surface area contributed by atoms with Crippen molar-refractivity contribution in [3.8, 4) is 17.6 Å². The van der Waals surface area contributed by atoms with Crippen molar-refractivity contribution in [3.63, 3.8) is 0 Å². The monoisotopic (exact) mass is 848 g/mol. The molecule has 0 spiro atoms. The molecular formula is C45H56N10O5S. The van der Waals surface area contributed by atoms with Gasteiger partial charge in [-0.1, -0.05) is 24.0 Å². The average Bonchev–Trinajstić information content (AvgIpc) is 3.27. The molecule has 15 nitrogen and oxygen atoms in total. The third-order valence-corrected chi connectivity index (χ3v) is 12.8. The van der Waals surface area contributed by atoms with Crippen LogP contribution in [0.3, 0.4) is 0 Å². The van der Waals surface area contributed by atoms with Gasteiger partial charge in [-0.05, 0) is 74.5 Å². The zero-order valence-corrected chi connectivity index (χ0v) is 36.2. The van der Waals surface area contributed by atoms with Crippen molar-refractivity contribution in [1.82, 2.24) is 34.3 Å². The maximum Gasteiger partial charge on any atom is 0.320 e. The second kappa shape index (κ2) is 19.8. The predicted octanol–water partition coefficient (Wildman–Crippen LogP) is 4.60. The molecule has 7 rings (SSSR count). The van der Waals surface area contributed by atoms with Crippen molar-refractivity contribution in [2.75, 3.05) is 115 Å². The maximum absolute atomic E-state index is 13.4. The maximum atomic E-state index is 13.4. The molecule has 16 heteroatoms. The van der Waals surface area contributed by atoms with E-state index in [9.17, 15) is 18.0 Å². The van der Waals surface area contributed by atoms with Gasteiger partial charge in [0, 0.05) is 122 Å². The van der Waals surface area contributed by atoms with Gasteiger partial charge in [-0.2, -0.15) is 0 Å². The molecule has 2 N–H and O–H groups in total. The van der Waals surface area contributed by atoms with Crippen LogP contribution in [0, 0.1) is 11.8 Å². The van der Waals surface area contributed by atoms with E-state index in [0.29, 0.717) is 55.4 Å². The van der Waals surface area contributed by atoms with E-state index in [2.05, 4.69) is 48.2 Å². The Balaban J connectivity index is 0.798. The average molecular weight is 849 g/mol. The van der Waals surface area contributed by atoms with Gasteiger partial charge in [-0.25, -0.2) is 27.9 Å². The van der Waals surface area contributed by atoms with Crippen LogP contribution in [-0.4, -0.2) is 150 Å². The van der Waals surface area contributed by atoms with Crippen molar-refractivity contribution in [3.05, 3.63) is 84.7 Å². The Morgan fingerprint density at radius 2 is 1.59 bits per heavy atom. The zero-order chi connectivity index (χ0) is 42.9. The lowest BCUT2D eigenvalue weighted by Gasteiger charge is -2.40. The van der Waals surface area contributed by atoms with Crippen LogP contribution in [0.4, 0.5) is 27.7 Å². The normalized spacial score (nSPS) is 16.7. The molecule has 3 fully saturated rings. The summed E-state index contributed by atoms with van der Waals surface area (Å²) in [6.45, 7) is 13.2. The number of hydrogen-bond acceptors (Lipinski definition) is 11. The van der Waals surface area contributed by atoms with E-state index in [4.69, 9.17) is 4.74 Å². The molecule has 0 radical (unpaired) electrons. The molecule has 4 heterocycles. The SMILES string of the molecule is C=C1CCN(c2ccc(C#CCCN3CCN(C(=O)N4CCN(CCCOc5ccc6c(Nc7cc(S(=O)(=O)NC)ccc7N(C)C)ncnc6c5)CC4)CC3)cc2)C(=O)C1. The fourth-order valence-corrected chi connectivity index (χ4v) is 8.57. The Bertz CT molecular complexity index is 2380. The summed E-state index contributed by atoms with van der Waals surface area (Å²) in [5, 5.41) is 4.10. The highest BCUT2D eigenvalue weighted by atomic mass is 32.2. The Morgan fingerprint density at radius 3 is 2.26 bits per heavy atom. The Hall–Kier alpha value is -5.73. The largest absolute Gasteiger partial charge is 0.493 e. The minimum Gasteiger partial charge on any atom is -0.493 e. The first-order valence-electron chi connectivity index (χ1n) is 20.9. The molecule has 0 aliphatic carbocycles. The van der Waals surface area contributed by atoms with Gasteiger partial charge in [-0.3, -0.25) is 14.6 Å². The number of nitrogens with one attached hydrogen (secondary N) is 2. The van der Waals surface area contributed by atoms with Crippen molar-refractivity contribution >= 4 is 55.7 Å². The van der Waals surface area contributed by atoms with E-state index >= 15 is 0 Å². The molecule has 0 bridgehead atoms. The number of aromatic nitrogens is 2. The van der Waals surface area contributed by atoms with Gasteiger partial charge in [0.1, 0.15) is 17.9 Å². The highest BCUT2D eigenvalue weighted by Crippen LogP contribution is 2.33. The Morgan fingerprint density at radius 1 is 0.885 bits per heavy atom. The number of ether oxygens (including phenoxy) is 1. The van der Waals surface area contributed by atoms with Crippen LogP contribution in [0.1, 0.15) is 31.2 Å². The van der Waals surface area contributed by atoms with Crippen LogP contribution in [0.5, 0.6) is 5.75 Å². The molecule has 4 aromatic rings. The molecular weight excluding hydrogens is 793 g/mol.